The normalized spacial score (nSPS) is 20.4. The van der Waals surface area contributed by atoms with Gasteiger partial charge in [0.2, 0.25) is 0 Å². The van der Waals surface area contributed by atoms with Gasteiger partial charge in [0.15, 0.2) is 10.3 Å². The Morgan fingerprint density at radius 1 is 1.40 bits per heavy atom. The highest BCUT2D eigenvalue weighted by Crippen LogP contribution is 2.28. The van der Waals surface area contributed by atoms with Crippen LogP contribution in [-0.2, 0) is 4.79 Å². The molecule has 0 radical (unpaired) electrons. The number of hydrazone groups is 1. The van der Waals surface area contributed by atoms with Crippen molar-refractivity contribution in [3.63, 3.8) is 0 Å². The molecule has 0 spiro atoms. The fourth-order valence-corrected chi connectivity index (χ4v) is 3.26. The number of rotatable bonds is 5. The molecule has 130 valence electrons. The smallest absolute Gasteiger partial charge is 0.331 e. The van der Waals surface area contributed by atoms with Crippen molar-refractivity contribution < 1.29 is 9.59 Å². The van der Waals surface area contributed by atoms with Gasteiger partial charge in [0.25, 0.3) is 5.91 Å². The number of imide groups is 1. The number of carbonyl (C=O) groups excluding carboxylic acids is 2. The number of para-hydroxylation sites is 1. The first-order valence-corrected chi connectivity index (χ1v) is 8.81. The molecule has 7 nitrogen and oxygen atoms in total. The van der Waals surface area contributed by atoms with Gasteiger partial charge >= 0.3 is 6.03 Å². The highest BCUT2D eigenvalue weighted by atomic mass is 35.5. The summed E-state index contributed by atoms with van der Waals surface area (Å²) in [6.45, 7) is 3.50. The van der Waals surface area contributed by atoms with Crippen molar-refractivity contribution in [2.45, 2.75) is 25.8 Å². The number of hydrogen-bond donors (Lipinski definition) is 2. The van der Waals surface area contributed by atoms with E-state index in [1.54, 1.807) is 6.92 Å². The largest absolute Gasteiger partial charge is 0.346 e. The van der Waals surface area contributed by atoms with Crippen molar-refractivity contribution in [3.05, 3.63) is 40.4 Å². The minimum absolute atomic E-state index is 0.248. The van der Waals surface area contributed by atoms with Gasteiger partial charge in [-0.15, -0.1) is 5.01 Å². The monoisotopic (exact) mass is 377 g/mol. The van der Waals surface area contributed by atoms with E-state index in [0.29, 0.717) is 16.4 Å². The zero-order valence-corrected chi connectivity index (χ0v) is 15.2. The molecule has 2 N–H and O–H groups in total. The molecule has 1 aromatic carbocycles. The van der Waals surface area contributed by atoms with Crippen LogP contribution in [0.5, 0.6) is 0 Å². The summed E-state index contributed by atoms with van der Waals surface area (Å²) in [5, 5.41) is 11.4. The second-order valence-electron chi connectivity index (χ2n) is 5.64. The predicted molar refractivity (Wildman–Crippen MR) is 98.5 cm³/mol. The summed E-state index contributed by atoms with van der Waals surface area (Å²) in [4.78, 5) is 29.0. The zero-order chi connectivity index (χ0) is 18.0. The molecule has 1 atom stereocenters. The Kier molecular flexibility index (Phi) is 4.73. The van der Waals surface area contributed by atoms with Crippen LogP contribution < -0.4 is 10.6 Å². The first kappa shape index (κ1) is 17.4. The Bertz CT molecular complexity index is 838. The molecule has 3 amide bonds. The van der Waals surface area contributed by atoms with Gasteiger partial charge in [-0.3, -0.25) is 4.79 Å². The van der Waals surface area contributed by atoms with Crippen molar-refractivity contribution in [2.24, 2.45) is 5.10 Å². The van der Waals surface area contributed by atoms with Crippen LogP contribution in [0.3, 0.4) is 0 Å². The van der Waals surface area contributed by atoms with Crippen molar-refractivity contribution >= 4 is 51.9 Å². The number of urea groups is 1. The summed E-state index contributed by atoms with van der Waals surface area (Å²) < 4.78 is 0. The summed E-state index contributed by atoms with van der Waals surface area (Å²) >= 11 is 7.39. The molecule has 1 unspecified atom stereocenters. The molecule has 0 aliphatic carbocycles. The average Bonchev–Trinajstić information content (AvgIpc) is 3.04. The average molecular weight is 378 g/mol. The SMILES string of the molecule is CCC1(C)NC(=O)N(/N=C/c2sc(Nc3ccccc3)nc2Cl)C1=O. The first-order chi connectivity index (χ1) is 11.9. The van der Waals surface area contributed by atoms with E-state index < -0.39 is 11.6 Å². The number of thiazole rings is 1. The summed E-state index contributed by atoms with van der Waals surface area (Å²) in [5.41, 5.74) is -0.0458. The zero-order valence-electron chi connectivity index (χ0n) is 13.6. The lowest BCUT2D eigenvalue weighted by Gasteiger charge is -2.17. The van der Waals surface area contributed by atoms with Gasteiger partial charge in [0.1, 0.15) is 5.54 Å². The van der Waals surface area contributed by atoms with Crippen molar-refractivity contribution in [1.82, 2.24) is 15.3 Å². The number of halogens is 1. The number of amides is 3. The highest BCUT2D eigenvalue weighted by molar-refractivity contribution is 7.17. The Hall–Kier alpha value is -2.45. The van der Waals surface area contributed by atoms with Crippen molar-refractivity contribution in [1.29, 1.82) is 0 Å². The number of aromatic nitrogens is 1. The summed E-state index contributed by atoms with van der Waals surface area (Å²) in [6, 6.07) is 8.99. The molecule has 0 saturated carbocycles. The minimum atomic E-state index is -0.925. The molecule has 0 bridgehead atoms. The lowest BCUT2D eigenvalue weighted by molar-refractivity contribution is -0.130. The number of carbonyl (C=O) groups is 2. The van der Waals surface area contributed by atoms with E-state index in [-0.39, 0.29) is 11.1 Å². The molecular weight excluding hydrogens is 362 g/mol. The van der Waals surface area contributed by atoms with Crippen molar-refractivity contribution in [2.75, 3.05) is 5.32 Å². The fourth-order valence-electron chi connectivity index (χ4n) is 2.21. The molecule has 9 heteroatoms. The lowest BCUT2D eigenvalue weighted by Crippen LogP contribution is -2.42. The van der Waals surface area contributed by atoms with Crippen LogP contribution in [0.25, 0.3) is 0 Å². The maximum Gasteiger partial charge on any atom is 0.346 e. The number of nitrogens with zero attached hydrogens (tertiary/aromatic N) is 3. The van der Waals surface area contributed by atoms with E-state index >= 15 is 0 Å². The van der Waals surface area contributed by atoms with Crippen molar-refractivity contribution in [3.8, 4) is 0 Å². The molecule has 1 aromatic heterocycles. The molecule has 2 heterocycles. The third-order valence-corrected chi connectivity index (χ3v) is 5.18. The van der Waals surface area contributed by atoms with Crippen LogP contribution in [0.4, 0.5) is 15.6 Å². The molecule has 1 fully saturated rings. The number of hydrogen-bond acceptors (Lipinski definition) is 6. The predicted octanol–water partition coefficient (Wildman–Crippen LogP) is 3.59. The quantitative estimate of drug-likeness (QED) is 0.615. The van der Waals surface area contributed by atoms with Gasteiger partial charge in [-0.2, -0.15) is 5.10 Å². The van der Waals surface area contributed by atoms with E-state index in [9.17, 15) is 9.59 Å². The maximum atomic E-state index is 12.3. The molecule has 3 rings (SSSR count). The van der Waals surface area contributed by atoms with Crippen LogP contribution in [0, 0.1) is 0 Å². The Balaban J connectivity index is 1.76. The molecular formula is C16H16ClN5O2S. The lowest BCUT2D eigenvalue weighted by atomic mass is 10.00. The van der Waals surface area contributed by atoms with Gasteiger partial charge in [-0.25, -0.2) is 9.78 Å². The highest BCUT2D eigenvalue weighted by Gasteiger charge is 2.46. The van der Waals surface area contributed by atoms with E-state index in [2.05, 4.69) is 20.7 Å². The molecule has 1 aliphatic rings. The van der Waals surface area contributed by atoms with E-state index in [0.717, 1.165) is 10.7 Å². The summed E-state index contributed by atoms with van der Waals surface area (Å²) in [6.07, 6.45) is 1.85. The second-order valence-corrected chi connectivity index (χ2v) is 7.03. The number of benzene rings is 1. The third kappa shape index (κ3) is 3.49. The molecule has 25 heavy (non-hydrogen) atoms. The van der Waals surface area contributed by atoms with Crippen LogP contribution >= 0.6 is 22.9 Å². The third-order valence-electron chi connectivity index (χ3n) is 3.87. The van der Waals surface area contributed by atoms with Crippen LogP contribution in [0.1, 0.15) is 25.1 Å². The van der Waals surface area contributed by atoms with E-state index in [4.69, 9.17) is 11.6 Å². The molecule has 1 aliphatic heterocycles. The molecule has 2 aromatic rings. The molecule has 1 saturated heterocycles. The topological polar surface area (TPSA) is 86.7 Å². The maximum absolute atomic E-state index is 12.3. The Morgan fingerprint density at radius 3 is 2.76 bits per heavy atom. The minimum Gasteiger partial charge on any atom is -0.331 e. The van der Waals surface area contributed by atoms with Crippen LogP contribution in [0.15, 0.2) is 35.4 Å². The summed E-state index contributed by atoms with van der Waals surface area (Å²) in [7, 11) is 0. The standard InChI is InChI=1S/C16H16ClN5O2S/c1-3-16(2)13(23)22(15(24)21-16)18-9-11-12(17)20-14(25-11)19-10-7-5-4-6-8-10/h4-9H,3H2,1-2H3,(H,19,20)(H,21,24)/b18-9+. The Morgan fingerprint density at radius 2 is 2.12 bits per heavy atom. The summed E-state index contributed by atoms with van der Waals surface area (Å²) in [5.74, 6) is -0.389. The van der Waals surface area contributed by atoms with Gasteiger partial charge in [-0.1, -0.05) is 48.1 Å². The van der Waals surface area contributed by atoms with Gasteiger partial charge in [0.05, 0.1) is 11.1 Å². The van der Waals surface area contributed by atoms with Gasteiger partial charge in [-0.05, 0) is 25.5 Å². The van der Waals surface area contributed by atoms with Gasteiger partial charge in [0, 0.05) is 5.69 Å². The van der Waals surface area contributed by atoms with Crippen LogP contribution in [0.2, 0.25) is 5.15 Å². The first-order valence-electron chi connectivity index (χ1n) is 7.62. The van der Waals surface area contributed by atoms with Gasteiger partial charge < -0.3 is 10.6 Å². The number of nitrogens with one attached hydrogen (secondary N) is 2. The van der Waals surface area contributed by atoms with Crippen LogP contribution in [-0.4, -0.2) is 33.7 Å². The Labute approximate surface area is 153 Å². The fraction of sp³-hybridized carbons (Fsp3) is 0.250. The van der Waals surface area contributed by atoms with E-state index in [1.807, 2.05) is 37.3 Å². The second kappa shape index (κ2) is 6.81. The number of anilines is 2. The van der Waals surface area contributed by atoms with E-state index in [1.165, 1.54) is 17.6 Å².